The molecular formula is C14H8BrFN2O2. The van der Waals surface area contributed by atoms with Gasteiger partial charge in [0.25, 0.3) is 0 Å². The summed E-state index contributed by atoms with van der Waals surface area (Å²) in [4.78, 5) is 26.1. The van der Waals surface area contributed by atoms with E-state index in [-0.39, 0.29) is 5.82 Å². The van der Waals surface area contributed by atoms with Gasteiger partial charge < -0.3 is 0 Å². The second kappa shape index (κ2) is 8.67. The van der Waals surface area contributed by atoms with Crippen LogP contribution in [0, 0.1) is 5.82 Å². The van der Waals surface area contributed by atoms with Crippen molar-refractivity contribution in [1.29, 1.82) is 0 Å². The van der Waals surface area contributed by atoms with E-state index in [4.69, 9.17) is 0 Å². The standard InChI is InChI=1S/C7H4BrNO.C7H4FNO/c2*8-6-1-3-7(4-2-6)9-5-10/h2*1-4H. The molecule has 0 amide bonds. The number of nitrogens with zero attached hydrogens (tertiary/aromatic N) is 2. The Labute approximate surface area is 122 Å². The second-order valence-corrected chi connectivity index (χ2v) is 4.27. The highest BCUT2D eigenvalue weighted by Crippen LogP contribution is 2.15. The highest BCUT2D eigenvalue weighted by atomic mass is 79.9. The van der Waals surface area contributed by atoms with Gasteiger partial charge in [0, 0.05) is 4.47 Å². The molecule has 0 bridgehead atoms. The number of hydrogen-bond acceptors (Lipinski definition) is 4. The molecule has 0 aromatic heterocycles. The Kier molecular flexibility index (Phi) is 6.79. The quantitative estimate of drug-likeness (QED) is 0.610. The van der Waals surface area contributed by atoms with Crippen LogP contribution in [0.2, 0.25) is 0 Å². The van der Waals surface area contributed by atoms with Gasteiger partial charge in [-0.05, 0) is 48.5 Å². The molecular weight excluding hydrogens is 327 g/mol. The van der Waals surface area contributed by atoms with E-state index in [1.54, 1.807) is 12.1 Å². The maximum Gasteiger partial charge on any atom is 0.240 e. The molecule has 0 fully saturated rings. The molecule has 0 heterocycles. The molecule has 0 unspecified atom stereocenters. The number of halogens is 2. The summed E-state index contributed by atoms with van der Waals surface area (Å²) in [5, 5.41) is 0. The lowest BCUT2D eigenvalue weighted by molar-refractivity contribution is 0.564. The first kappa shape index (κ1) is 15.7. The molecule has 2 aromatic carbocycles. The summed E-state index contributed by atoms with van der Waals surface area (Å²) < 4.78 is 13.2. The molecule has 0 aliphatic heterocycles. The Hall–Kier alpha value is -2.39. The van der Waals surface area contributed by atoms with Gasteiger partial charge in [-0.2, -0.15) is 9.98 Å². The van der Waals surface area contributed by atoms with Gasteiger partial charge >= 0.3 is 0 Å². The minimum Gasteiger partial charge on any atom is -0.211 e. The third-order valence-corrected chi connectivity index (χ3v) is 2.53. The van der Waals surface area contributed by atoms with Crippen LogP contribution in [-0.4, -0.2) is 12.2 Å². The van der Waals surface area contributed by atoms with Crippen LogP contribution >= 0.6 is 15.9 Å². The van der Waals surface area contributed by atoms with Gasteiger partial charge in [-0.25, -0.2) is 14.0 Å². The van der Waals surface area contributed by atoms with Crippen LogP contribution in [0.5, 0.6) is 0 Å². The first-order valence-electron chi connectivity index (χ1n) is 5.32. The van der Waals surface area contributed by atoms with Crippen LogP contribution in [0.3, 0.4) is 0 Å². The average Bonchev–Trinajstić information content (AvgIpc) is 2.45. The summed E-state index contributed by atoms with van der Waals surface area (Å²) >= 11 is 3.26. The second-order valence-electron chi connectivity index (χ2n) is 3.36. The monoisotopic (exact) mass is 334 g/mol. The maximum absolute atomic E-state index is 12.2. The molecule has 100 valence electrons. The molecule has 0 radical (unpaired) electrons. The Morgan fingerprint density at radius 3 is 1.60 bits per heavy atom. The number of isocyanates is 2. The van der Waals surface area contributed by atoms with Crippen molar-refractivity contribution in [3.8, 4) is 0 Å². The van der Waals surface area contributed by atoms with Crippen LogP contribution < -0.4 is 0 Å². The van der Waals surface area contributed by atoms with Crippen molar-refractivity contribution in [3.05, 3.63) is 58.8 Å². The predicted molar refractivity (Wildman–Crippen MR) is 76.1 cm³/mol. The van der Waals surface area contributed by atoms with Crippen molar-refractivity contribution < 1.29 is 14.0 Å². The lowest BCUT2D eigenvalue weighted by atomic mass is 10.3. The van der Waals surface area contributed by atoms with Crippen LogP contribution in [0.1, 0.15) is 0 Å². The number of hydrogen-bond donors (Lipinski definition) is 0. The van der Waals surface area contributed by atoms with Gasteiger partial charge in [-0.15, -0.1) is 0 Å². The van der Waals surface area contributed by atoms with E-state index in [1.807, 2.05) is 12.1 Å². The van der Waals surface area contributed by atoms with Crippen molar-refractivity contribution in [3.63, 3.8) is 0 Å². The first-order chi connectivity index (χ1) is 9.65. The van der Waals surface area contributed by atoms with Crippen LogP contribution in [0.15, 0.2) is 63.0 Å². The van der Waals surface area contributed by atoms with Crippen molar-refractivity contribution in [1.82, 2.24) is 0 Å². The molecule has 0 spiro atoms. The van der Waals surface area contributed by atoms with Gasteiger partial charge in [0.1, 0.15) is 5.82 Å². The van der Waals surface area contributed by atoms with E-state index in [1.165, 1.54) is 36.4 Å². The van der Waals surface area contributed by atoms with Crippen molar-refractivity contribution in [2.24, 2.45) is 9.98 Å². The number of rotatable bonds is 2. The van der Waals surface area contributed by atoms with Crippen LogP contribution in [0.4, 0.5) is 15.8 Å². The molecule has 2 rings (SSSR count). The van der Waals surface area contributed by atoms with Gasteiger partial charge in [-0.3, -0.25) is 0 Å². The summed E-state index contributed by atoms with van der Waals surface area (Å²) in [5.74, 6) is -0.343. The first-order valence-corrected chi connectivity index (χ1v) is 6.12. The zero-order chi connectivity index (χ0) is 14.8. The molecule has 0 saturated carbocycles. The largest absolute Gasteiger partial charge is 0.240 e. The smallest absolute Gasteiger partial charge is 0.211 e. The van der Waals surface area contributed by atoms with E-state index in [2.05, 4.69) is 25.9 Å². The van der Waals surface area contributed by atoms with Crippen molar-refractivity contribution in [2.45, 2.75) is 0 Å². The molecule has 4 nitrogen and oxygen atoms in total. The number of benzene rings is 2. The number of carbonyl (C=O) groups excluding carboxylic acids is 2. The number of aliphatic imine (C=N–C) groups is 2. The zero-order valence-corrected chi connectivity index (χ0v) is 11.7. The highest BCUT2D eigenvalue weighted by molar-refractivity contribution is 9.10. The van der Waals surface area contributed by atoms with E-state index in [9.17, 15) is 14.0 Å². The maximum atomic E-state index is 12.2. The molecule has 6 heteroatoms. The van der Waals surface area contributed by atoms with E-state index in [0.29, 0.717) is 11.4 Å². The summed E-state index contributed by atoms with van der Waals surface area (Å²) in [6.45, 7) is 0. The van der Waals surface area contributed by atoms with Crippen LogP contribution in [-0.2, 0) is 9.59 Å². The third-order valence-electron chi connectivity index (χ3n) is 2.00. The van der Waals surface area contributed by atoms with Crippen LogP contribution in [0.25, 0.3) is 0 Å². The van der Waals surface area contributed by atoms with E-state index >= 15 is 0 Å². The van der Waals surface area contributed by atoms with Crippen molar-refractivity contribution >= 4 is 39.5 Å². The fourth-order valence-corrected chi connectivity index (χ4v) is 1.40. The lowest BCUT2D eigenvalue weighted by Crippen LogP contribution is -1.68. The van der Waals surface area contributed by atoms with E-state index < -0.39 is 0 Å². The average molecular weight is 335 g/mol. The Bertz CT molecular complexity index is 584. The fraction of sp³-hybridized carbons (Fsp3) is 0. The Balaban J connectivity index is 0.000000200. The topological polar surface area (TPSA) is 58.9 Å². The van der Waals surface area contributed by atoms with Gasteiger partial charge in [0.2, 0.25) is 12.2 Å². The summed E-state index contributed by atoms with van der Waals surface area (Å²) in [7, 11) is 0. The molecule has 20 heavy (non-hydrogen) atoms. The highest BCUT2D eigenvalue weighted by Gasteiger charge is 1.88. The van der Waals surface area contributed by atoms with E-state index in [0.717, 1.165) is 4.47 Å². The van der Waals surface area contributed by atoms with Crippen molar-refractivity contribution in [2.75, 3.05) is 0 Å². The Morgan fingerprint density at radius 1 is 0.800 bits per heavy atom. The predicted octanol–water partition coefficient (Wildman–Crippen LogP) is 4.21. The minimum absolute atomic E-state index is 0.343. The molecule has 0 N–H and O–H groups in total. The normalized spacial score (nSPS) is 8.50. The summed E-state index contributed by atoms with van der Waals surface area (Å²) in [6.07, 6.45) is 2.82. The van der Waals surface area contributed by atoms with Gasteiger partial charge in [0.15, 0.2) is 0 Å². The minimum atomic E-state index is -0.343. The third kappa shape index (κ3) is 5.98. The zero-order valence-electron chi connectivity index (χ0n) is 10.1. The molecule has 0 atom stereocenters. The Morgan fingerprint density at radius 2 is 1.20 bits per heavy atom. The lowest BCUT2D eigenvalue weighted by Gasteiger charge is -1.88. The summed E-state index contributed by atoms with van der Waals surface area (Å²) in [6, 6.07) is 12.4. The van der Waals surface area contributed by atoms with Gasteiger partial charge in [0.05, 0.1) is 11.4 Å². The molecule has 0 saturated heterocycles. The summed E-state index contributed by atoms with van der Waals surface area (Å²) in [5.41, 5.74) is 1.04. The molecule has 2 aromatic rings. The molecule has 0 aliphatic carbocycles. The van der Waals surface area contributed by atoms with Gasteiger partial charge in [-0.1, -0.05) is 15.9 Å². The fourth-order valence-electron chi connectivity index (χ4n) is 1.14. The molecule has 0 aliphatic rings. The SMILES string of the molecule is O=C=Nc1ccc(Br)cc1.O=C=Nc1ccc(F)cc1.